The first kappa shape index (κ1) is 11.1. The summed E-state index contributed by atoms with van der Waals surface area (Å²) in [6, 6.07) is 6.40. The number of halogens is 1. The summed E-state index contributed by atoms with van der Waals surface area (Å²) < 4.78 is 1.20. The molecule has 1 aliphatic heterocycles. The Hall–Kier alpha value is -0.380. The molecule has 1 saturated heterocycles. The molecule has 0 bridgehead atoms. The van der Waals surface area contributed by atoms with E-state index in [2.05, 4.69) is 39.0 Å². The first-order chi connectivity index (χ1) is 7.29. The molecule has 0 saturated carbocycles. The SMILES string of the molecule is NCc1ccc(Br)c(CN2CCCC2)c1. The molecule has 1 fully saturated rings. The van der Waals surface area contributed by atoms with Crippen LogP contribution in [-0.2, 0) is 13.1 Å². The molecule has 0 unspecified atom stereocenters. The highest BCUT2D eigenvalue weighted by atomic mass is 79.9. The number of likely N-dealkylation sites (tertiary alicyclic amines) is 1. The summed E-state index contributed by atoms with van der Waals surface area (Å²) in [5.41, 5.74) is 8.22. The van der Waals surface area contributed by atoms with E-state index in [0.717, 1.165) is 6.54 Å². The number of nitrogens with zero attached hydrogens (tertiary/aromatic N) is 1. The van der Waals surface area contributed by atoms with Gasteiger partial charge >= 0.3 is 0 Å². The fourth-order valence-electron chi connectivity index (χ4n) is 2.06. The molecule has 1 aliphatic rings. The van der Waals surface area contributed by atoms with Crippen LogP contribution in [0.5, 0.6) is 0 Å². The molecule has 0 spiro atoms. The molecule has 0 aliphatic carbocycles. The van der Waals surface area contributed by atoms with Crippen LogP contribution in [0.25, 0.3) is 0 Å². The molecular formula is C12H17BrN2. The van der Waals surface area contributed by atoms with Crippen LogP contribution in [0.2, 0.25) is 0 Å². The molecule has 0 aromatic heterocycles. The maximum absolute atomic E-state index is 5.65. The minimum atomic E-state index is 0.625. The monoisotopic (exact) mass is 268 g/mol. The fraction of sp³-hybridized carbons (Fsp3) is 0.500. The molecule has 0 atom stereocenters. The van der Waals surface area contributed by atoms with Gasteiger partial charge in [-0.3, -0.25) is 4.90 Å². The van der Waals surface area contributed by atoms with E-state index in [4.69, 9.17) is 5.73 Å². The topological polar surface area (TPSA) is 29.3 Å². The Morgan fingerprint density at radius 1 is 1.27 bits per heavy atom. The molecule has 1 heterocycles. The largest absolute Gasteiger partial charge is 0.326 e. The second kappa shape index (κ2) is 5.10. The van der Waals surface area contributed by atoms with E-state index in [1.165, 1.54) is 41.5 Å². The van der Waals surface area contributed by atoms with Crippen molar-refractivity contribution in [2.75, 3.05) is 13.1 Å². The van der Waals surface area contributed by atoms with Gasteiger partial charge in [-0.15, -0.1) is 0 Å². The van der Waals surface area contributed by atoms with Gasteiger partial charge in [0.25, 0.3) is 0 Å². The average Bonchev–Trinajstić information content (AvgIpc) is 2.74. The van der Waals surface area contributed by atoms with Crippen molar-refractivity contribution in [1.29, 1.82) is 0 Å². The Labute approximate surface area is 99.6 Å². The number of rotatable bonds is 3. The van der Waals surface area contributed by atoms with E-state index in [0.29, 0.717) is 6.54 Å². The van der Waals surface area contributed by atoms with Crippen molar-refractivity contribution in [2.24, 2.45) is 5.73 Å². The molecule has 0 radical (unpaired) electrons. The predicted octanol–water partition coefficient (Wildman–Crippen LogP) is 2.50. The molecule has 1 aromatic carbocycles. The first-order valence-electron chi connectivity index (χ1n) is 5.49. The Bertz CT molecular complexity index is 332. The van der Waals surface area contributed by atoms with Crippen molar-refractivity contribution >= 4 is 15.9 Å². The van der Waals surface area contributed by atoms with E-state index in [1.54, 1.807) is 0 Å². The Morgan fingerprint density at radius 3 is 2.67 bits per heavy atom. The Kier molecular flexibility index (Phi) is 3.78. The van der Waals surface area contributed by atoms with Crippen LogP contribution in [0.1, 0.15) is 24.0 Å². The van der Waals surface area contributed by atoms with Crippen LogP contribution < -0.4 is 5.73 Å². The quantitative estimate of drug-likeness (QED) is 0.913. The second-order valence-electron chi connectivity index (χ2n) is 4.11. The van der Waals surface area contributed by atoms with E-state index >= 15 is 0 Å². The normalized spacial score (nSPS) is 17.2. The van der Waals surface area contributed by atoms with Crippen LogP contribution in [0, 0.1) is 0 Å². The van der Waals surface area contributed by atoms with Gasteiger partial charge in [-0.05, 0) is 43.1 Å². The number of hydrogen-bond donors (Lipinski definition) is 1. The van der Waals surface area contributed by atoms with Crippen LogP contribution >= 0.6 is 15.9 Å². The highest BCUT2D eigenvalue weighted by Crippen LogP contribution is 2.21. The lowest BCUT2D eigenvalue weighted by molar-refractivity contribution is 0.330. The number of benzene rings is 1. The average molecular weight is 269 g/mol. The van der Waals surface area contributed by atoms with Gasteiger partial charge in [0.15, 0.2) is 0 Å². The highest BCUT2D eigenvalue weighted by molar-refractivity contribution is 9.10. The lowest BCUT2D eigenvalue weighted by atomic mass is 10.1. The first-order valence-corrected chi connectivity index (χ1v) is 6.28. The molecule has 2 nitrogen and oxygen atoms in total. The Morgan fingerprint density at radius 2 is 2.00 bits per heavy atom. The number of nitrogens with two attached hydrogens (primary N) is 1. The zero-order valence-corrected chi connectivity index (χ0v) is 10.5. The third kappa shape index (κ3) is 2.80. The van der Waals surface area contributed by atoms with Gasteiger partial charge < -0.3 is 5.73 Å². The van der Waals surface area contributed by atoms with E-state index in [1.807, 2.05) is 0 Å². The summed E-state index contributed by atoms with van der Waals surface area (Å²) >= 11 is 3.60. The zero-order valence-electron chi connectivity index (χ0n) is 8.88. The number of hydrogen-bond acceptors (Lipinski definition) is 2. The highest BCUT2D eigenvalue weighted by Gasteiger charge is 2.13. The molecule has 1 aromatic rings. The maximum Gasteiger partial charge on any atom is 0.0245 e. The van der Waals surface area contributed by atoms with E-state index < -0.39 is 0 Å². The van der Waals surface area contributed by atoms with Gasteiger partial charge in [0, 0.05) is 17.6 Å². The molecule has 15 heavy (non-hydrogen) atoms. The minimum absolute atomic E-state index is 0.625. The van der Waals surface area contributed by atoms with Gasteiger partial charge in [0.2, 0.25) is 0 Å². The predicted molar refractivity (Wildman–Crippen MR) is 66.5 cm³/mol. The van der Waals surface area contributed by atoms with Crippen molar-refractivity contribution in [3.05, 3.63) is 33.8 Å². The summed E-state index contributed by atoms with van der Waals surface area (Å²) in [5, 5.41) is 0. The molecule has 0 amide bonds. The van der Waals surface area contributed by atoms with Crippen molar-refractivity contribution in [1.82, 2.24) is 4.90 Å². The summed E-state index contributed by atoms with van der Waals surface area (Å²) in [5.74, 6) is 0. The van der Waals surface area contributed by atoms with Gasteiger partial charge in [0.1, 0.15) is 0 Å². The van der Waals surface area contributed by atoms with Crippen molar-refractivity contribution < 1.29 is 0 Å². The van der Waals surface area contributed by atoms with E-state index in [9.17, 15) is 0 Å². The van der Waals surface area contributed by atoms with Crippen molar-refractivity contribution in [3.63, 3.8) is 0 Å². The molecule has 2 rings (SSSR count). The second-order valence-corrected chi connectivity index (χ2v) is 4.97. The zero-order chi connectivity index (χ0) is 10.7. The van der Waals surface area contributed by atoms with Gasteiger partial charge in [-0.25, -0.2) is 0 Å². The van der Waals surface area contributed by atoms with Gasteiger partial charge in [0.05, 0.1) is 0 Å². The maximum atomic E-state index is 5.65. The van der Waals surface area contributed by atoms with Crippen LogP contribution in [-0.4, -0.2) is 18.0 Å². The lowest BCUT2D eigenvalue weighted by Crippen LogP contribution is -2.18. The summed E-state index contributed by atoms with van der Waals surface area (Å²) in [4.78, 5) is 2.50. The van der Waals surface area contributed by atoms with Crippen LogP contribution in [0.3, 0.4) is 0 Å². The molecule has 3 heteroatoms. The van der Waals surface area contributed by atoms with Gasteiger partial charge in [-0.2, -0.15) is 0 Å². The van der Waals surface area contributed by atoms with Crippen molar-refractivity contribution in [2.45, 2.75) is 25.9 Å². The Balaban J connectivity index is 2.11. The summed E-state index contributed by atoms with van der Waals surface area (Å²) in [6.45, 7) is 4.15. The standard InChI is InChI=1S/C12H17BrN2/c13-12-4-3-10(8-14)7-11(12)9-15-5-1-2-6-15/h3-4,7H,1-2,5-6,8-9,14H2. The molecule has 82 valence electrons. The lowest BCUT2D eigenvalue weighted by Gasteiger charge is -2.16. The third-order valence-corrected chi connectivity index (χ3v) is 3.71. The third-order valence-electron chi connectivity index (χ3n) is 2.94. The van der Waals surface area contributed by atoms with Crippen molar-refractivity contribution in [3.8, 4) is 0 Å². The van der Waals surface area contributed by atoms with Crippen LogP contribution in [0.4, 0.5) is 0 Å². The molecular weight excluding hydrogens is 252 g/mol. The fourth-order valence-corrected chi connectivity index (χ4v) is 2.43. The minimum Gasteiger partial charge on any atom is -0.326 e. The van der Waals surface area contributed by atoms with Gasteiger partial charge in [-0.1, -0.05) is 28.1 Å². The van der Waals surface area contributed by atoms with Crippen LogP contribution in [0.15, 0.2) is 22.7 Å². The smallest absolute Gasteiger partial charge is 0.0245 e. The summed E-state index contributed by atoms with van der Waals surface area (Å²) in [6.07, 6.45) is 2.68. The summed E-state index contributed by atoms with van der Waals surface area (Å²) in [7, 11) is 0. The molecule has 2 N–H and O–H groups in total. The van der Waals surface area contributed by atoms with E-state index in [-0.39, 0.29) is 0 Å².